The van der Waals surface area contributed by atoms with Crippen LogP contribution in [0.5, 0.6) is 11.5 Å². The fraction of sp³-hybridized carbons (Fsp3) is 0.308. The van der Waals surface area contributed by atoms with Gasteiger partial charge in [0.25, 0.3) is 0 Å². The quantitative estimate of drug-likeness (QED) is 0.794. The van der Waals surface area contributed by atoms with Gasteiger partial charge in [-0.2, -0.15) is 0 Å². The van der Waals surface area contributed by atoms with E-state index in [-0.39, 0.29) is 12.8 Å². The molecule has 0 bridgehead atoms. The van der Waals surface area contributed by atoms with E-state index < -0.39 is 5.97 Å². The van der Waals surface area contributed by atoms with Crippen LogP contribution in [0, 0.1) is 6.92 Å². The van der Waals surface area contributed by atoms with Crippen molar-refractivity contribution in [2.45, 2.75) is 13.0 Å². The van der Waals surface area contributed by atoms with Crippen LogP contribution < -0.4 is 14.8 Å². The number of nitrogens with one attached hydrogen (secondary N) is 1. The van der Waals surface area contributed by atoms with E-state index in [2.05, 4.69) is 5.32 Å². The highest BCUT2D eigenvalue weighted by atomic mass is 16.7. The Bertz CT molecular complexity index is 496. The van der Waals surface area contributed by atoms with Gasteiger partial charge in [0.1, 0.15) is 0 Å². The van der Waals surface area contributed by atoms with Crippen molar-refractivity contribution in [3.8, 4) is 11.5 Å². The van der Waals surface area contributed by atoms with Gasteiger partial charge in [0, 0.05) is 6.08 Å². The molecule has 96 valence electrons. The van der Waals surface area contributed by atoms with Gasteiger partial charge in [0.05, 0.1) is 6.04 Å². The Morgan fingerprint density at radius 1 is 1.44 bits per heavy atom. The first-order chi connectivity index (χ1) is 8.61. The summed E-state index contributed by atoms with van der Waals surface area (Å²) in [6.45, 7) is 2.18. The summed E-state index contributed by atoms with van der Waals surface area (Å²) in [5.41, 5.74) is 1.99. The Balaban J connectivity index is 2.33. The molecule has 1 aliphatic rings. The Hall–Kier alpha value is -2.01. The number of ether oxygens (including phenoxy) is 2. The SMILES string of the molecule is CNC(/C=C/C(=O)O)c1cc2c(cc1C)OCO2. The van der Waals surface area contributed by atoms with Crippen molar-refractivity contribution < 1.29 is 19.4 Å². The summed E-state index contributed by atoms with van der Waals surface area (Å²) in [5, 5.41) is 11.7. The predicted molar refractivity (Wildman–Crippen MR) is 65.9 cm³/mol. The lowest BCUT2D eigenvalue weighted by Gasteiger charge is -2.15. The molecule has 5 heteroatoms. The van der Waals surface area contributed by atoms with Crippen LogP contribution in [-0.4, -0.2) is 24.9 Å². The van der Waals surface area contributed by atoms with Gasteiger partial charge in [-0.3, -0.25) is 0 Å². The standard InChI is InChI=1S/C13H15NO4/c1-8-5-11-12(18-7-17-11)6-9(8)10(14-2)3-4-13(15)16/h3-6,10,14H,7H2,1-2H3,(H,15,16)/b4-3+. The molecule has 1 aliphatic heterocycles. The second-order valence-electron chi connectivity index (χ2n) is 4.03. The average molecular weight is 249 g/mol. The van der Waals surface area contributed by atoms with Gasteiger partial charge in [0.2, 0.25) is 6.79 Å². The number of carbonyl (C=O) groups is 1. The molecule has 0 saturated heterocycles. The number of likely N-dealkylation sites (N-methyl/N-ethyl adjacent to an activating group) is 1. The molecule has 0 fully saturated rings. The molecule has 0 aromatic heterocycles. The number of fused-ring (bicyclic) bond motifs is 1. The fourth-order valence-corrected chi connectivity index (χ4v) is 1.93. The molecule has 0 saturated carbocycles. The van der Waals surface area contributed by atoms with Crippen LogP contribution in [0.2, 0.25) is 0 Å². The van der Waals surface area contributed by atoms with Crippen LogP contribution in [0.15, 0.2) is 24.3 Å². The van der Waals surface area contributed by atoms with Crippen molar-refractivity contribution in [3.05, 3.63) is 35.4 Å². The third-order valence-electron chi connectivity index (χ3n) is 2.84. The van der Waals surface area contributed by atoms with Crippen LogP contribution in [0.1, 0.15) is 17.2 Å². The molecule has 0 spiro atoms. The highest BCUT2D eigenvalue weighted by Gasteiger charge is 2.18. The van der Waals surface area contributed by atoms with Crippen LogP contribution in [0.3, 0.4) is 0 Å². The Morgan fingerprint density at radius 3 is 2.72 bits per heavy atom. The van der Waals surface area contributed by atoms with E-state index >= 15 is 0 Å². The van der Waals surface area contributed by atoms with E-state index in [0.29, 0.717) is 5.75 Å². The minimum atomic E-state index is -0.964. The van der Waals surface area contributed by atoms with Crippen molar-refractivity contribution in [1.82, 2.24) is 5.32 Å². The van der Waals surface area contributed by atoms with Gasteiger partial charge in [-0.1, -0.05) is 6.08 Å². The molecule has 0 amide bonds. The lowest BCUT2D eigenvalue weighted by atomic mass is 10.00. The van der Waals surface area contributed by atoms with Crippen molar-refractivity contribution in [2.24, 2.45) is 0 Å². The number of hydrogen-bond acceptors (Lipinski definition) is 4. The zero-order chi connectivity index (χ0) is 13.1. The van der Waals surface area contributed by atoms with Gasteiger partial charge in [-0.05, 0) is 37.2 Å². The van der Waals surface area contributed by atoms with E-state index in [1.54, 1.807) is 13.1 Å². The Morgan fingerprint density at radius 2 is 2.11 bits per heavy atom. The summed E-state index contributed by atoms with van der Waals surface area (Å²) >= 11 is 0. The number of aliphatic carboxylic acids is 1. The van der Waals surface area contributed by atoms with Crippen molar-refractivity contribution in [1.29, 1.82) is 0 Å². The summed E-state index contributed by atoms with van der Waals surface area (Å²) in [5.74, 6) is 0.460. The maximum atomic E-state index is 10.6. The molecule has 1 heterocycles. The van der Waals surface area contributed by atoms with Crippen LogP contribution in [-0.2, 0) is 4.79 Å². The summed E-state index contributed by atoms with van der Waals surface area (Å²) in [7, 11) is 1.78. The number of aryl methyl sites for hydroxylation is 1. The number of carboxylic acids is 1. The number of benzene rings is 1. The first-order valence-electron chi connectivity index (χ1n) is 5.60. The number of rotatable bonds is 4. The molecule has 0 aliphatic carbocycles. The van der Waals surface area contributed by atoms with Crippen molar-refractivity contribution >= 4 is 5.97 Å². The van der Waals surface area contributed by atoms with E-state index in [4.69, 9.17) is 14.6 Å². The zero-order valence-electron chi connectivity index (χ0n) is 10.3. The second-order valence-corrected chi connectivity index (χ2v) is 4.03. The van der Waals surface area contributed by atoms with Gasteiger partial charge >= 0.3 is 5.97 Å². The molecule has 2 rings (SSSR count). The van der Waals surface area contributed by atoms with E-state index in [1.165, 1.54) is 0 Å². The van der Waals surface area contributed by atoms with Gasteiger partial charge < -0.3 is 19.9 Å². The van der Waals surface area contributed by atoms with Crippen LogP contribution in [0.25, 0.3) is 0 Å². The maximum absolute atomic E-state index is 10.6. The molecule has 1 aromatic rings. The highest BCUT2D eigenvalue weighted by Crippen LogP contribution is 2.36. The minimum Gasteiger partial charge on any atom is -0.478 e. The van der Waals surface area contributed by atoms with E-state index in [1.807, 2.05) is 19.1 Å². The largest absolute Gasteiger partial charge is 0.478 e. The summed E-state index contributed by atoms with van der Waals surface area (Å²) in [6, 6.07) is 3.61. The smallest absolute Gasteiger partial charge is 0.328 e. The molecular formula is C13H15NO4. The molecule has 5 nitrogen and oxygen atoms in total. The van der Waals surface area contributed by atoms with Crippen molar-refractivity contribution in [2.75, 3.05) is 13.8 Å². The van der Waals surface area contributed by atoms with Crippen LogP contribution in [0.4, 0.5) is 0 Å². The monoisotopic (exact) mass is 249 g/mol. The maximum Gasteiger partial charge on any atom is 0.328 e. The third kappa shape index (κ3) is 2.46. The molecule has 1 aromatic carbocycles. The topological polar surface area (TPSA) is 67.8 Å². The Labute approximate surface area is 105 Å². The summed E-state index contributed by atoms with van der Waals surface area (Å²) in [6.07, 6.45) is 2.73. The first-order valence-corrected chi connectivity index (χ1v) is 5.60. The zero-order valence-corrected chi connectivity index (χ0v) is 10.3. The normalized spacial score (nSPS) is 15.0. The number of carboxylic acid groups (broad SMARTS) is 1. The molecule has 1 atom stereocenters. The Kier molecular flexibility index (Phi) is 3.53. The highest BCUT2D eigenvalue weighted by molar-refractivity contribution is 5.79. The summed E-state index contributed by atoms with van der Waals surface area (Å²) in [4.78, 5) is 10.6. The molecule has 1 unspecified atom stereocenters. The second kappa shape index (κ2) is 5.10. The summed E-state index contributed by atoms with van der Waals surface area (Å²) < 4.78 is 10.6. The van der Waals surface area contributed by atoms with Gasteiger partial charge in [-0.15, -0.1) is 0 Å². The van der Waals surface area contributed by atoms with Crippen molar-refractivity contribution in [3.63, 3.8) is 0 Å². The van der Waals surface area contributed by atoms with Gasteiger partial charge in [0.15, 0.2) is 11.5 Å². The molecule has 2 N–H and O–H groups in total. The minimum absolute atomic E-state index is 0.171. The lowest BCUT2D eigenvalue weighted by molar-refractivity contribution is -0.131. The molecule has 0 radical (unpaired) electrons. The third-order valence-corrected chi connectivity index (χ3v) is 2.84. The molecule has 18 heavy (non-hydrogen) atoms. The van der Waals surface area contributed by atoms with Crippen LogP contribution >= 0.6 is 0 Å². The number of hydrogen-bond donors (Lipinski definition) is 2. The molecular weight excluding hydrogens is 234 g/mol. The van der Waals surface area contributed by atoms with Gasteiger partial charge in [-0.25, -0.2) is 4.79 Å². The first kappa shape index (κ1) is 12.4. The average Bonchev–Trinajstić information content (AvgIpc) is 2.76. The fourth-order valence-electron chi connectivity index (χ4n) is 1.93. The lowest BCUT2D eigenvalue weighted by Crippen LogP contribution is -2.15. The van der Waals surface area contributed by atoms with E-state index in [0.717, 1.165) is 23.0 Å². The van der Waals surface area contributed by atoms with E-state index in [9.17, 15) is 4.79 Å². The predicted octanol–water partition coefficient (Wildman–Crippen LogP) is 1.63.